The number of alkyl halides is 3. The van der Waals surface area contributed by atoms with Gasteiger partial charge in [0.1, 0.15) is 0 Å². The fraction of sp³-hybridized carbons (Fsp3) is 0.619. The predicted octanol–water partition coefficient (Wildman–Crippen LogP) is 3.62. The summed E-state index contributed by atoms with van der Waals surface area (Å²) in [5.41, 5.74) is -1.37. The SMILES string of the molecule is COC(=O)CC1(CC(F)(F)F)CCc2cc(B3OC(C)(C)C(C)(C)O3)ccc2C1=O. The third-order valence-electron chi connectivity index (χ3n) is 6.50. The summed E-state index contributed by atoms with van der Waals surface area (Å²) in [7, 11) is 0.467. The lowest BCUT2D eigenvalue weighted by Gasteiger charge is -2.36. The average Bonchev–Trinajstić information content (AvgIpc) is 2.84. The topological polar surface area (TPSA) is 61.8 Å². The first-order valence-corrected chi connectivity index (χ1v) is 9.87. The molecule has 0 saturated carbocycles. The Morgan fingerprint density at radius 1 is 1.17 bits per heavy atom. The fourth-order valence-electron chi connectivity index (χ4n) is 4.07. The Morgan fingerprint density at radius 2 is 1.77 bits per heavy atom. The van der Waals surface area contributed by atoms with E-state index in [-0.39, 0.29) is 18.4 Å². The molecule has 1 aliphatic heterocycles. The molecule has 2 aliphatic rings. The van der Waals surface area contributed by atoms with Crippen LogP contribution in [0, 0.1) is 5.41 Å². The number of hydrogen-bond acceptors (Lipinski definition) is 5. The van der Waals surface area contributed by atoms with Gasteiger partial charge in [0.05, 0.1) is 36.6 Å². The zero-order chi connectivity index (χ0) is 22.5. The van der Waals surface area contributed by atoms with Gasteiger partial charge < -0.3 is 14.0 Å². The van der Waals surface area contributed by atoms with Crippen molar-refractivity contribution in [2.75, 3.05) is 7.11 Å². The summed E-state index contributed by atoms with van der Waals surface area (Å²) < 4.78 is 56.4. The second-order valence-corrected chi connectivity index (χ2v) is 9.16. The molecule has 0 spiro atoms. The van der Waals surface area contributed by atoms with E-state index < -0.39 is 54.5 Å². The third-order valence-corrected chi connectivity index (χ3v) is 6.50. The Hall–Kier alpha value is -1.87. The van der Waals surface area contributed by atoms with Gasteiger partial charge in [0.25, 0.3) is 0 Å². The number of carbonyl (C=O) groups excluding carboxylic acids is 2. The number of carbonyl (C=O) groups is 2. The lowest BCUT2D eigenvalue weighted by atomic mass is 9.65. The van der Waals surface area contributed by atoms with Crippen molar-refractivity contribution in [2.24, 2.45) is 5.41 Å². The van der Waals surface area contributed by atoms with Crippen molar-refractivity contribution >= 4 is 24.3 Å². The van der Waals surface area contributed by atoms with E-state index in [0.29, 0.717) is 11.0 Å². The molecule has 30 heavy (non-hydrogen) atoms. The zero-order valence-corrected chi connectivity index (χ0v) is 17.8. The van der Waals surface area contributed by atoms with E-state index >= 15 is 0 Å². The Kier molecular flexibility index (Phi) is 5.61. The van der Waals surface area contributed by atoms with Gasteiger partial charge in [-0.05, 0) is 51.6 Å². The summed E-state index contributed by atoms with van der Waals surface area (Å²) in [6, 6.07) is 4.91. The Morgan fingerprint density at radius 3 is 2.30 bits per heavy atom. The molecule has 1 aliphatic carbocycles. The molecular formula is C21H26BF3O5. The van der Waals surface area contributed by atoms with E-state index in [1.807, 2.05) is 27.7 Å². The third kappa shape index (κ3) is 4.14. The molecule has 1 atom stereocenters. The maximum atomic E-state index is 13.3. The lowest BCUT2D eigenvalue weighted by molar-refractivity contribution is -0.161. The van der Waals surface area contributed by atoms with Crippen LogP contribution >= 0.6 is 0 Å². The van der Waals surface area contributed by atoms with Crippen LogP contribution in [0.5, 0.6) is 0 Å². The van der Waals surface area contributed by atoms with E-state index in [1.165, 1.54) is 6.07 Å². The molecule has 3 rings (SSSR count). The molecule has 0 N–H and O–H groups in total. The Balaban J connectivity index is 1.93. The van der Waals surface area contributed by atoms with Gasteiger partial charge in [-0.3, -0.25) is 9.59 Å². The first-order valence-electron chi connectivity index (χ1n) is 9.87. The molecule has 0 radical (unpaired) electrons. The van der Waals surface area contributed by atoms with Gasteiger partial charge >= 0.3 is 19.3 Å². The van der Waals surface area contributed by atoms with Crippen LogP contribution < -0.4 is 5.46 Å². The van der Waals surface area contributed by atoms with Crippen LogP contribution in [-0.4, -0.2) is 43.4 Å². The molecule has 164 valence electrons. The zero-order valence-electron chi connectivity index (χ0n) is 17.8. The van der Waals surface area contributed by atoms with Crippen molar-refractivity contribution in [3.63, 3.8) is 0 Å². The monoisotopic (exact) mass is 426 g/mol. The van der Waals surface area contributed by atoms with Crippen molar-refractivity contribution in [2.45, 2.75) is 70.8 Å². The van der Waals surface area contributed by atoms with Gasteiger partial charge in [-0.2, -0.15) is 13.2 Å². The van der Waals surface area contributed by atoms with Crippen LogP contribution in [0.4, 0.5) is 13.2 Å². The summed E-state index contributed by atoms with van der Waals surface area (Å²) in [6.07, 6.45) is -6.38. The van der Waals surface area contributed by atoms with Crippen LogP contribution in [0.3, 0.4) is 0 Å². The minimum absolute atomic E-state index is 0.0831. The van der Waals surface area contributed by atoms with Gasteiger partial charge in [0.2, 0.25) is 0 Å². The van der Waals surface area contributed by atoms with Gasteiger partial charge in [-0.1, -0.05) is 18.2 Å². The smallest absolute Gasteiger partial charge is 0.469 e. The van der Waals surface area contributed by atoms with Crippen molar-refractivity contribution in [1.29, 1.82) is 0 Å². The molecule has 0 amide bonds. The molecule has 1 aromatic carbocycles. The van der Waals surface area contributed by atoms with E-state index in [2.05, 4.69) is 4.74 Å². The summed E-state index contributed by atoms with van der Waals surface area (Å²) in [5, 5.41) is 0. The number of esters is 1. The molecule has 1 fully saturated rings. The van der Waals surface area contributed by atoms with Crippen LogP contribution in [-0.2, 0) is 25.3 Å². The quantitative estimate of drug-likeness (QED) is 0.544. The molecular weight excluding hydrogens is 400 g/mol. The standard InChI is InChI=1S/C21H26BF3O5/c1-18(2)19(3,4)30-22(29-18)14-6-7-15-13(10-14)8-9-20(17(15)27,11-16(26)28-5)12-21(23,24)25/h6-7,10H,8-9,11-12H2,1-5H3. The number of methoxy groups -OCH3 is 1. The molecule has 9 heteroatoms. The second kappa shape index (κ2) is 7.37. The number of hydrogen-bond donors (Lipinski definition) is 0. The minimum Gasteiger partial charge on any atom is -0.469 e. The number of ketones is 1. The van der Waals surface area contributed by atoms with E-state index in [9.17, 15) is 22.8 Å². The maximum Gasteiger partial charge on any atom is 0.494 e. The Labute approximate surface area is 174 Å². The number of fused-ring (bicyclic) bond motifs is 1. The molecule has 0 aromatic heterocycles. The summed E-state index contributed by atoms with van der Waals surface area (Å²) in [4.78, 5) is 24.9. The first kappa shape index (κ1) is 22.8. The maximum absolute atomic E-state index is 13.3. The molecule has 5 nitrogen and oxygen atoms in total. The molecule has 0 bridgehead atoms. The molecule has 1 aromatic rings. The highest BCUT2D eigenvalue weighted by molar-refractivity contribution is 6.62. The van der Waals surface area contributed by atoms with Gasteiger partial charge in [0.15, 0.2) is 5.78 Å². The van der Waals surface area contributed by atoms with E-state index in [1.54, 1.807) is 12.1 Å². The fourth-order valence-corrected chi connectivity index (χ4v) is 4.07. The number of benzene rings is 1. The highest BCUT2D eigenvalue weighted by Gasteiger charge is 2.53. The minimum atomic E-state index is -4.58. The normalized spacial score (nSPS) is 25.2. The highest BCUT2D eigenvalue weighted by atomic mass is 19.4. The van der Waals surface area contributed by atoms with Crippen LogP contribution in [0.15, 0.2) is 18.2 Å². The van der Waals surface area contributed by atoms with Crippen molar-refractivity contribution in [1.82, 2.24) is 0 Å². The van der Waals surface area contributed by atoms with Gasteiger partial charge in [-0.15, -0.1) is 0 Å². The predicted molar refractivity (Wildman–Crippen MR) is 105 cm³/mol. The highest BCUT2D eigenvalue weighted by Crippen LogP contribution is 2.46. The number of ether oxygens (including phenoxy) is 1. The number of halogens is 3. The summed E-state index contributed by atoms with van der Waals surface area (Å²) in [5.74, 6) is -1.50. The van der Waals surface area contributed by atoms with Crippen molar-refractivity contribution < 1.29 is 36.8 Å². The van der Waals surface area contributed by atoms with Crippen LogP contribution in [0.25, 0.3) is 0 Å². The van der Waals surface area contributed by atoms with Gasteiger partial charge in [-0.25, -0.2) is 0 Å². The largest absolute Gasteiger partial charge is 0.494 e. The first-order chi connectivity index (χ1) is 13.7. The average molecular weight is 426 g/mol. The van der Waals surface area contributed by atoms with E-state index in [4.69, 9.17) is 9.31 Å². The Bertz CT molecular complexity index is 849. The molecule has 1 unspecified atom stereocenters. The number of Topliss-reactive ketones (excluding diaryl/α,β-unsaturated/α-hetero) is 1. The number of rotatable bonds is 4. The molecule has 1 saturated heterocycles. The summed E-state index contributed by atoms with van der Waals surface area (Å²) >= 11 is 0. The van der Waals surface area contributed by atoms with Crippen molar-refractivity contribution in [3.05, 3.63) is 29.3 Å². The summed E-state index contributed by atoms with van der Waals surface area (Å²) in [6.45, 7) is 7.70. The van der Waals surface area contributed by atoms with Gasteiger partial charge in [0, 0.05) is 5.56 Å². The molecule has 1 heterocycles. The van der Waals surface area contributed by atoms with Crippen LogP contribution in [0.1, 0.15) is 62.9 Å². The second-order valence-electron chi connectivity index (χ2n) is 9.16. The number of aryl methyl sites for hydroxylation is 1. The van der Waals surface area contributed by atoms with Crippen LogP contribution in [0.2, 0.25) is 0 Å². The van der Waals surface area contributed by atoms with E-state index in [0.717, 1.165) is 7.11 Å². The van der Waals surface area contributed by atoms with Crippen molar-refractivity contribution in [3.8, 4) is 0 Å². The lowest BCUT2D eigenvalue weighted by Crippen LogP contribution is -2.43.